The Bertz CT molecular complexity index is 1990. The number of rotatable bonds is 8. The number of hydrogen-bond acceptors (Lipinski definition) is 3. The third-order valence-electron chi connectivity index (χ3n) is 8.94. The first kappa shape index (κ1) is 30.3. The summed E-state index contributed by atoms with van der Waals surface area (Å²) >= 11 is 12.7. The van der Waals surface area contributed by atoms with Gasteiger partial charge in [0.1, 0.15) is 5.69 Å². The van der Waals surface area contributed by atoms with E-state index >= 15 is 0 Å². The number of amides is 1. The zero-order chi connectivity index (χ0) is 31.6. The molecule has 4 aromatic carbocycles. The second-order valence-electron chi connectivity index (χ2n) is 12.0. The van der Waals surface area contributed by atoms with E-state index < -0.39 is 0 Å². The minimum atomic E-state index is -0.223. The molecule has 46 heavy (non-hydrogen) atoms. The minimum Gasteiger partial charge on any atom is -0.350 e. The SMILES string of the molecule is CC(c1ccc(Cl)cc1)n1cnc(-c2ccccc2)c1-c1c(C(=O)Nc2ccccc2CN2CCCCC2)[nH]c2cc(Cl)ccc12. The smallest absolute Gasteiger partial charge is 0.272 e. The number of benzene rings is 4. The van der Waals surface area contributed by atoms with Gasteiger partial charge in [-0.1, -0.05) is 96.4 Å². The molecule has 6 aromatic rings. The molecular weight excluding hydrogens is 613 g/mol. The predicted molar refractivity (Wildman–Crippen MR) is 189 cm³/mol. The van der Waals surface area contributed by atoms with E-state index in [1.807, 2.05) is 97.3 Å². The second kappa shape index (κ2) is 13.2. The van der Waals surface area contributed by atoms with E-state index in [1.54, 1.807) is 0 Å². The fourth-order valence-corrected chi connectivity index (χ4v) is 6.82. The molecule has 1 aliphatic rings. The average Bonchev–Trinajstić information content (AvgIpc) is 3.68. The highest BCUT2D eigenvalue weighted by Crippen LogP contribution is 2.41. The molecule has 8 heteroatoms. The fraction of sp³-hybridized carbons (Fsp3) is 0.211. The van der Waals surface area contributed by atoms with Crippen LogP contribution in [0.2, 0.25) is 10.0 Å². The van der Waals surface area contributed by atoms with Gasteiger partial charge in [-0.3, -0.25) is 9.69 Å². The number of H-pyrrole nitrogens is 1. The minimum absolute atomic E-state index is 0.101. The lowest BCUT2D eigenvalue weighted by atomic mass is 9.99. The average molecular weight is 649 g/mol. The molecule has 1 aliphatic heterocycles. The summed E-state index contributed by atoms with van der Waals surface area (Å²) in [5, 5.41) is 5.42. The van der Waals surface area contributed by atoms with Gasteiger partial charge in [0, 0.05) is 44.3 Å². The molecule has 0 radical (unpaired) electrons. The molecule has 1 fully saturated rings. The summed E-state index contributed by atoms with van der Waals surface area (Å²) in [5.41, 5.74) is 7.58. The van der Waals surface area contributed by atoms with Gasteiger partial charge in [0.2, 0.25) is 0 Å². The number of nitrogens with zero attached hydrogens (tertiary/aromatic N) is 3. The van der Waals surface area contributed by atoms with E-state index in [9.17, 15) is 4.79 Å². The number of imidazole rings is 1. The Balaban J connectivity index is 1.37. The summed E-state index contributed by atoms with van der Waals surface area (Å²) in [6.45, 7) is 5.08. The van der Waals surface area contributed by atoms with Gasteiger partial charge >= 0.3 is 0 Å². The Morgan fingerprint density at radius 1 is 0.891 bits per heavy atom. The van der Waals surface area contributed by atoms with Crippen LogP contribution in [0.25, 0.3) is 33.4 Å². The Morgan fingerprint density at radius 3 is 2.39 bits per heavy atom. The monoisotopic (exact) mass is 647 g/mol. The van der Waals surface area contributed by atoms with Crippen LogP contribution < -0.4 is 5.32 Å². The highest BCUT2D eigenvalue weighted by Gasteiger charge is 2.28. The molecule has 1 saturated heterocycles. The standard InChI is InChI=1S/C38H35Cl2N5O/c1-25(26-14-16-29(39)17-15-26)45-24-41-35(27-10-4-2-5-11-27)37(45)34-31-19-18-30(40)22-33(31)42-36(34)38(46)43-32-13-7-6-12-28(32)23-44-20-8-3-9-21-44/h2,4-7,10-19,22,24-25,42H,3,8-9,20-21,23H2,1H3,(H,43,46). The lowest BCUT2D eigenvalue weighted by Gasteiger charge is -2.27. The number of anilines is 1. The third kappa shape index (κ3) is 6.08. The third-order valence-corrected chi connectivity index (χ3v) is 9.43. The number of hydrogen-bond donors (Lipinski definition) is 2. The van der Waals surface area contributed by atoms with E-state index in [0.717, 1.165) is 69.9 Å². The molecule has 1 amide bonds. The number of carbonyl (C=O) groups excluding carboxylic acids is 1. The fourth-order valence-electron chi connectivity index (χ4n) is 6.52. The van der Waals surface area contributed by atoms with E-state index in [4.69, 9.17) is 28.2 Å². The number of para-hydroxylation sites is 1. The molecule has 0 saturated carbocycles. The van der Waals surface area contributed by atoms with Crippen LogP contribution in [0.15, 0.2) is 103 Å². The van der Waals surface area contributed by atoms with E-state index in [0.29, 0.717) is 15.7 Å². The number of fused-ring (bicyclic) bond motifs is 1. The molecule has 2 N–H and O–H groups in total. The van der Waals surface area contributed by atoms with Gasteiger partial charge in [-0.15, -0.1) is 0 Å². The normalized spacial score (nSPS) is 14.4. The summed E-state index contributed by atoms with van der Waals surface area (Å²) in [6.07, 6.45) is 5.56. The summed E-state index contributed by atoms with van der Waals surface area (Å²) in [5.74, 6) is -0.223. The van der Waals surface area contributed by atoms with E-state index in [-0.39, 0.29) is 11.9 Å². The Hall–Kier alpha value is -4.36. The van der Waals surface area contributed by atoms with Crippen LogP contribution in [0.3, 0.4) is 0 Å². The highest BCUT2D eigenvalue weighted by molar-refractivity contribution is 6.31. The van der Waals surface area contributed by atoms with Crippen LogP contribution >= 0.6 is 23.2 Å². The molecule has 0 spiro atoms. The van der Waals surface area contributed by atoms with Crippen molar-refractivity contribution in [1.82, 2.24) is 19.4 Å². The first-order chi connectivity index (χ1) is 22.5. The first-order valence-electron chi connectivity index (χ1n) is 15.8. The quantitative estimate of drug-likeness (QED) is 0.173. The van der Waals surface area contributed by atoms with Crippen LogP contribution in [0.5, 0.6) is 0 Å². The summed E-state index contributed by atoms with van der Waals surface area (Å²) in [6, 6.07) is 31.6. The zero-order valence-electron chi connectivity index (χ0n) is 25.6. The van der Waals surface area contributed by atoms with Crippen molar-refractivity contribution in [2.75, 3.05) is 18.4 Å². The predicted octanol–water partition coefficient (Wildman–Crippen LogP) is 9.85. The number of nitrogens with one attached hydrogen (secondary N) is 2. The van der Waals surface area contributed by atoms with Gasteiger partial charge in [0.25, 0.3) is 5.91 Å². The van der Waals surface area contributed by atoms with Crippen molar-refractivity contribution in [1.29, 1.82) is 0 Å². The van der Waals surface area contributed by atoms with Crippen LogP contribution in [0, 0.1) is 0 Å². The zero-order valence-corrected chi connectivity index (χ0v) is 27.2. The van der Waals surface area contributed by atoms with Crippen LogP contribution in [0.1, 0.15) is 53.8 Å². The number of likely N-dealkylation sites (tertiary alicyclic amines) is 1. The van der Waals surface area contributed by atoms with Gasteiger partial charge in [-0.05, 0) is 74.3 Å². The molecule has 7 rings (SSSR count). The van der Waals surface area contributed by atoms with Crippen molar-refractivity contribution in [3.05, 3.63) is 130 Å². The molecule has 3 heterocycles. The topological polar surface area (TPSA) is 66.0 Å². The van der Waals surface area contributed by atoms with Crippen molar-refractivity contribution in [3.63, 3.8) is 0 Å². The maximum atomic E-state index is 14.4. The van der Waals surface area contributed by atoms with Crippen molar-refractivity contribution in [3.8, 4) is 22.5 Å². The second-order valence-corrected chi connectivity index (χ2v) is 12.8. The van der Waals surface area contributed by atoms with Crippen LogP contribution in [-0.2, 0) is 6.54 Å². The Morgan fingerprint density at radius 2 is 1.61 bits per heavy atom. The van der Waals surface area contributed by atoms with Crippen molar-refractivity contribution in [2.24, 2.45) is 0 Å². The number of aromatic amines is 1. The molecule has 1 atom stereocenters. The number of halogens is 2. The van der Waals surface area contributed by atoms with Crippen molar-refractivity contribution >= 4 is 45.7 Å². The molecule has 232 valence electrons. The summed E-state index contributed by atoms with van der Waals surface area (Å²) < 4.78 is 2.14. The largest absolute Gasteiger partial charge is 0.350 e. The number of piperidine rings is 1. The van der Waals surface area contributed by atoms with Gasteiger partial charge in [-0.2, -0.15) is 0 Å². The summed E-state index contributed by atoms with van der Waals surface area (Å²) in [7, 11) is 0. The van der Waals surface area contributed by atoms with Gasteiger partial charge in [0.05, 0.1) is 23.8 Å². The molecule has 1 unspecified atom stereocenters. The molecule has 2 aromatic heterocycles. The van der Waals surface area contributed by atoms with E-state index in [2.05, 4.69) is 32.8 Å². The lowest BCUT2D eigenvalue weighted by Crippen LogP contribution is -2.29. The summed E-state index contributed by atoms with van der Waals surface area (Å²) in [4.78, 5) is 25.3. The maximum absolute atomic E-state index is 14.4. The van der Waals surface area contributed by atoms with Gasteiger partial charge in [0.15, 0.2) is 0 Å². The molecular formula is C38H35Cl2N5O. The van der Waals surface area contributed by atoms with E-state index in [1.165, 1.54) is 19.3 Å². The molecule has 6 nitrogen and oxygen atoms in total. The highest BCUT2D eigenvalue weighted by atomic mass is 35.5. The van der Waals surface area contributed by atoms with Gasteiger partial charge < -0.3 is 14.9 Å². The maximum Gasteiger partial charge on any atom is 0.272 e. The first-order valence-corrected chi connectivity index (χ1v) is 16.5. The Kier molecular flexibility index (Phi) is 8.67. The molecule has 0 aliphatic carbocycles. The van der Waals surface area contributed by atoms with Crippen molar-refractivity contribution in [2.45, 2.75) is 38.8 Å². The van der Waals surface area contributed by atoms with Gasteiger partial charge in [-0.25, -0.2) is 4.98 Å². The van der Waals surface area contributed by atoms with Crippen LogP contribution in [0.4, 0.5) is 5.69 Å². The number of aromatic nitrogens is 3. The van der Waals surface area contributed by atoms with Crippen molar-refractivity contribution < 1.29 is 4.79 Å². The number of carbonyl (C=O) groups is 1. The molecule has 0 bridgehead atoms. The lowest BCUT2D eigenvalue weighted by molar-refractivity contribution is 0.102. The Labute approximate surface area is 279 Å². The van der Waals surface area contributed by atoms with Crippen LogP contribution in [-0.4, -0.2) is 38.4 Å².